The van der Waals surface area contributed by atoms with Crippen LogP contribution in [0.3, 0.4) is 0 Å². The summed E-state index contributed by atoms with van der Waals surface area (Å²) < 4.78 is 14.1. The lowest BCUT2D eigenvalue weighted by molar-refractivity contribution is 0.560. The zero-order valence-electron chi connectivity index (χ0n) is 11.1. The van der Waals surface area contributed by atoms with E-state index in [1.54, 1.807) is 18.3 Å². The Morgan fingerprint density at radius 3 is 2.76 bits per heavy atom. The zero-order chi connectivity index (χ0) is 14.8. The summed E-state index contributed by atoms with van der Waals surface area (Å²) in [4.78, 5) is 4.26. The highest BCUT2D eigenvalue weighted by Crippen LogP contribution is 2.31. The smallest absolute Gasteiger partial charge is 0.129 e. The van der Waals surface area contributed by atoms with Gasteiger partial charge < -0.3 is 0 Å². The van der Waals surface area contributed by atoms with Gasteiger partial charge in [0.05, 0.1) is 11.6 Å². The van der Waals surface area contributed by atoms with Gasteiger partial charge in [-0.05, 0) is 35.9 Å². The van der Waals surface area contributed by atoms with Gasteiger partial charge in [0.1, 0.15) is 5.82 Å². The molecule has 1 atom stereocenters. The molecule has 1 heterocycles. The van der Waals surface area contributed by atoms with Crippen LogP contribution in [0.15, 0.2) is 54.7 Å². The SMILES string of the molecule is NNC(c1ccc2ncccc2c1)c1c(F)cccc1Cl. The Bertz CT molecular complexity index is 771. The van der Waals surface area contributed by atoms with Gasteiger partial charge in [-0.2, -0.15) is 0 Å². The van der Waals surface area contributed by atoms with E-state index in [0.29, 0.717) is 10.6 Å². The van der Waals surface area contributed by atoms with Crippen LogP contribution < -0.4 is 11.3 Å². The number of hydrazine groups is 1. The number of nitrogens with one attached hydrogen (secondary N) is 1. The molecule has 21 heavy (non-hydrogen) atoms. The summed E-state index contributed by atoms with van der Waals surface area (Å²) in [6.07, 6.45) is 1.73. The first-order valence-electron chi connectivity index (χ1n) is 6.45. The fraction of sp³-hybridized carbons (Fsp3) is 0.0625. The molecule has 3 rings (SSSR count). The highest BCUT2D eigenvalue weighted by atomic mass is 35.5. The van der Waals surface area contributed by atoms with Crippen molar-refractivity contribution in [1.29, 1.82) is 0 Å². The van der Waals surface area contributed by atoms with Crippen LogP contribution in [-0.4, -0.2) is 4.98 Å². The molecule has 3 nitrogen and oxygen atoms in total. The number of fused-ring (bicyclic) bond motifs is 1. The summed E-state index contributed by atoms with van der Waals surface area (Å²) in [6, 6.07) is 13.5. The van der Waals surface area contributed by atoms with Gasteiger partial charge in [-0.15, -0.1) is 0 Å². The fourth-order valence-electron chi connectivity index (χ4n) is 2.41. The molecule has 0 aliphatic heterocycles. The molecule has 0 saturated carbocycles. The van der Waals surface area contributed by atoms with E-state index in [-0.39, 0.29) is 0 Å². The summed E-state index contributed by atoms with van der Waals surface area (Å²) in [5.41, 5.74) is 4.67. The fourth-order valence-corrected chi connectivity index (χ4v) is 2.68. The van der Waals surface area contributed by atoms with Crippen LogP contribution in [0.1, 0.15) is 17.2 Å². The number of aromatic nitrogens is 1. The second-order valence-electron chi connectivity index (χ2n) is 4.69. The largest absolute Gasteiger partial charge is 0.271 e. The lowest BCUT2D eigenvalue weighted by Gasteiger charge is -2.19. The number of halogens is 2. The predicted octanol–water partition coefficient (Wildman–Crippen LogP) is 3.58. The molecule has 0 aliphatic rings. The van der Waals surface area contributed by atoms with Gasteiger partial charge in [-0.25, -0.2) is 9.82 Å². The van der Waals surface area contributed by atoms with Gasteiger partial charge in [0, 0.05) is 22.2 Å². The number of hydrogen-bond acceptors (Lipinski definition) is 3. The lowest BCUT2D eigenvalue weighted by Crippen LogP contribution is -2.29. The van der Waals surface area contributed by atoms with Crippen molar-refractivity contribution in [3.05, 3.63) is 76.7 Å². The summed E-state index contributed by atoms with van der Waals surface area (Å²) in [6.45, 7) is 0. The molecule has 1 unspecified atom stereocenters. The maximum absolute atomic E-state index is 14.1. The molecule has 106 valence electrons. The van der Waals surface area contributed by atoms with E-state index >= 15 is 0 Å². The maximum atomic E-state index is 14.1. The van der Waals surface area contributed by atoms with Crippen LogP contribution >= 0.6 is 11.6 Å². The number of benzene rings is 2. The number of hydrogen-bond donors (Lipinski definition) is 2. The highest BCUT2D eigenvalue weighted by Gasteiger charge is 2.20. The first-order chi connectivity index (χ1) is 10.2. The normalized spacial score (nSPS) is 12.5. The molecule has 0 radical (unpaired) electrons. The Morgan fingerprint density at radius 2 is 2.00 bits per heavy atom. The maximum Gasteiger partial charge on any atom is 0.129 e. The van der Waals surface area contributed by atoms with Gasteiger partial charge in [-0.1, -0.05) is 29.8 Å². The standard InChI is InChI=1S/C16H13ClFN3/c17-12-4-1-5-13(18)15(12)16(21-19)11-6-7-14-10(9-11)3-2-8-20-14/h1-9,16,21H,19H2. The molecule has 0 fully saturated rings. The third-order valence-corrected chi connectivity index (χ3v) is 3.75. The summed E-state index contributed by atoms with van der Waals surface area (Å²) in [5.74, 6) is 5.24. The molecule has 0 spiro atoms. The Kier molecular flexibility index (Phi) is 3.84. The van der Waals surface area contributed by atoms with E-state index in [2.05, 4.69) is 10.4 Å². The average molecular weight is 302 g/mol. The van der Waals surface area contributed by atoms with Gasteiger partial charge >= 0.3 is 0 Å². The van der Waals surface area contributed by atoms with Crippen molar-refractivity contribution in [2.24, 2.45) is 5.84 Å². The Balaban J connectivity index is 2.14. The minimum absolute atomic E-state index is 0.337. The Labute approximate surface area is 126 Å². The van der Waals surface area contributed by atoms with Gasteiger partial charge in [0.25, 0.3) is 0 Å². The first kappa shape index (κ1) is 13.9. The van der Waals surface area contributed by atoms with Crippen molar-refractivity contribution >= 4 is 22.5 Å². The van der Waals surface area contributed by atoms with E-state index in [1.807, 2.05) is 30.3 Å². The van der Waals surface area contributed by atoms with Crippen molar-refractivity contribution in [2.45, 2.75) is 6.04 Å². The van der Waals surface area contributed by atoms with Crippen LogP contribution in [-0.2, 0) is 0 Å². The minimum atomic E-state index is -0.525. The van der Waals surface area contributed by atoms with Crippen molar-refractivity contribution in [1.82, 2.24) is 10.4 Å². The third kappa shape index (κ3) is 2.61. The second-order valence-corrected chi connectivity index (χ2v) is 5.10. The van der Waals surface area contributed by atoms with Crippen LogP contribution in [0.5, 0.6) is 0 Å². The van der Waals surface area contributed by atoms with E-state index in [4.69, 9.17) is 17.4 Å². The monoisotopic (exact) mass is 301 g/mol. The molecular weight excluding hydrogens is 289 g/mol. The van der Waals surface area contributed by atoms with Gasteiger partial charge in [0.15, 0.2) is 0 Å². The van der Waals surface area contributed by atoms with Crippen molar-refractivity contribution in [2.75, 3.05) is 0 Å². The zero-order valence-corrected chi connectivity index (χ0v) is 11.8. The molecule has 3 N–H and O–H groups in total. The molecule has 2 aromatic carbocycles. The Hall–Kier alpha value is -2.01. The van der Waals surface area contributed by atoms with Gasteiger partial charge in [0.2, 0.25) is 0 Å². The Morgan fingerprint density at radius 1 is 1.14 bits per heavy atom. The van der Waals surface area contributed by atoms with Crippen LogP contribution in [0.2, 0.25) is 5.02 Å². The van der Waals surface area contributed by atoms with Gasteiger partial charge in [-0.3, -0.25) is 10.8 Å². The molecular formula is C16H13ClFN3. The van der Waals surface area contributed by atoms with E-state index < -0.39 is 11.9 Å². The molecule has 0 saturated heterocycles. The van der Waals surface area contributed by atoms with E-state index in [0.717, 1.165) is 16.5 Å². The molecule has 0 bridgehead atoms. The van der Waals surface area contributed by atoms with E-state index in [1.165, 1.54) is 6.07 Å². The quantitative estimate of drug-likeness (QED) is 0.574. The van der Waals surface area contributed by atoms with E-state index in [9.17, 15) is 4.39 Å². The van der Waals surface area contributed by atoms with Crippen LogP contribution in [0.25, 0.3) is 10.9 Å². The van der Waals surface area contributed by atoms with Crippen LogP contribution in [0.4, 0.5) is 4.39 Å². The van der Waals surface area contributed by atoms with Crippen LogP contribution in [0, 0.1) is 5.82 Å². The average Bonchev–Trinajstić information content (AvgIpc) is 2.50. The minimum Gasteiger partial charge on any atom is -0.271 e. The third-order valence-electron chi connectivity index (χ3n) is 3.42. The summed E-state index contributed by atoms with van der Waals surface area (Å²) in [5, 5.41) is 1.30. The number of nitrogens with zero attached hydrogens (tertiary/aromatic N) is 1. The number of nitrogens with two attached hydrogens (primary N) is 1. The van der Waals surface area contributed by atoms with Crippen molar-refractivity contribution in [3.8, 4) is 0 Å². The lowest BCUT2D eigenvalue weighted by atomic mass is 9.97. The molecule has 0 amide bonds. The highest BCUT2D eigenvalue weighted by molar-refractivity contribution is 6.31. The molecule has 3 aromatic rings. The molecule has 0 aliphatic carbocycles. The topological polar surface area (TPSA) is 50.9 Å². The summed E-state index contributed by atoms with van der Waals surface area (Å²) in [7, 11) is 0. The molecule has 5 heteroatoms. The molecule has 1 aromatic heterocycles. The number of pyridine rings is 1. The number of rotatable bonds is 3. The second kappa shape index (κ2) is 5.77. The van der Waals surface area contributed by atoms with Crippen molar-refractivity contribution < 1.29 is 4.39 Å². The first-order valence-corrected chi connectivity index (χ1v) is 6.83. The predicted molar refractivity (Wildman–Crippen MR) is 82.3 cm³/mol. The summed E-state index contributed by atoms with van der Waals surface area (Å²) >= 11 is 6.12. The van der Waals surface area contributed by atoms with Crippen molar-refractivity contribution in [3.63, 3.8) is 0 Å².